The second kappa shape index (κ2) is 5.77. The molecule has 1 amide bonds. The van der Waals surface area contributed by atoms with E-state index in [2.05, 4.69) is 4.98 Å². The van der Waals surface area contributed by atoms with E-state index in [0.717, 1.165) is 11.1 Å². The first kappa shape index (κ1) is 14.9. The molecule has 1 saturated heterocycles. The van der Waals surface area contributed by atoms with Crippen LogP contribution in [0.4, 0.5) is 10.5 Å². The van der Waals surface area contributed by atoms with Gasteiger partial charge in [-0.25, -0.2) is 4.79 Å². The Labute approximate surface area is 138 Å². The van der Waals surface area contributed by atoms with Crippen LogP contribution in [-0.2, 0) is 11.3 Å². The van der Waals surface area contributed by atoms with Gasteiger partial charge in [-0.3, -0.25) is 9.88 Å². The molecule has 2 N–H and O–H groups in total. The maximum Gasteiger partial charge on any atom is 0.415 e. The number of aliphatic hydroxyl groups excluding tert-OH is 2. The van der Waals surface area contributed by atoms with E-state index in [1.807, 2.05) is 18.2 Å². The van der Waals surface area contributed by atoms with Crippen molar-refractivity contribution in [2.24, 2.45) is 0 Å². The molecule has 1 fully saturated rings. The van der Waals surface area contributed by atoms with Gasteiger partial charge in [0.1, 0.15) is 18.4 Å². The first-order valence-corrected chi connectivity index (χ1v) is 7.65. The fourth-order valence-corrected chi connectivity index (χ4v) is 3.06. The normalized spacial score (nSPS) is 21.8. The van der Waals surface area contributed by atoms with Crippen molar-refractivity contribution < 1.29 is 24.5 Å². The van der Waals surface area contributed by atoms with Crippen LogP contribution in [0.3, 0.4) is 0 Å². The van der Waals surface area contributed by atoms with Gasteiger partial charge in [-0.1, -0.05) is 12.1 Å². The number of pyridine rings is 1. The highest BCUT2D eigenvalue weighted by molar-refractivity contribution is 5.94. The SMILES string of the molecule is O=C1O[C@@H](CO)[C@@H]2COc3cc(-c4ccc(CO)nc4)ccc3N12. The predicted molar refractivity (Wildman–Crippen MR) is 84.7 cm³/mol. The number of aromatic nitrogens is 1. The third kappa shape index (κ3) is 2.29. The van der Waals surface area contributed by atoms with E-state index in [1.54, 1.807) is 18.3 Å². The maximum atomic E-state index is 12.1. The Hall–Kier alpha value is -2.64. The maximum absolute atomic E-state index is 12.1. The van der Waals surface area contributed by atoms with E-state index in [0.29, 0.717) is 17.1 Å². The lowest BCUT2D eigenvalue weighted by atomic mass is 10.0. The van der Waals surface area contributed by atoms with E-state index < -0.39 is 12.2 Å². The van der Waals surface area contributed by atoms with Crippen molar-refractivity contribution in [2.75, 3.05) is 18.1 Å². The van der Waals surface area contributed by atoms with Crippen LogP contribution in [0.25, 0.3) is 11.1 Å². The number of hydrogen-bond donors (Lipinski definition) is 2. The van der Waals surface area contributed by atoms with Gasteiger partial charge in [-0.2, -0.15) is 0 Å². The van der Waals surface area contributed by atoms with E-state index in [4.69, 9.17) is 14.6 Å². The minimum atomic E-state index is -0.569. The largest absolute Gasteiger partial charge is 0.489 e. The fourth-order valence-electron chi connectivity index (χ4n) is 3.06. The summed E-state index contributed by atoms with van der Waals surface area (Å²) in [6.07, 6.45) is 0.649. The molecule has 3 heterocycles. The number of amides is 1. The summed E-state index contributed by atoms with van der Waals surface area (Å²) in [6, 6.07) is 8.84. The molecule has 0 bridgehead atoms. The zero-order valence-corrected chi connectivity index (χ0v) is 12.8. The molecule has 1 aromatic carbocycles. The van der Waals surface area contributed by atoms with E-state index in [9.17, 15) is 9.90 Å². The van der Waals surface area contributed by atoms with Crippen LogP contribution >= 0.6 is 0 Å². The number of rotatable bonds is 3. The molecule has 0 spiro atoms. The number of cyclic esters (lactones) is 1. The van der Waals surface area contributed by atoms with Crippen molar-refractivity contribution in [3.05, 3.63) is 42.2 Å². The van der Waals surface area contributed by atoms with Gasteiger partial charge in [-0.05, 0) is 23.8 Å². The smallest absolute Gasteiger partial charge is 0.415 e. The zero-order chi connectivity index (χ0) is 16.7. The van der Waals surface area contributed by atoms with Crippen LogP contribution in [0.15, 0.2) is 36.5 Å². The minimum absolute atomic E-state index is 0.0991. The van der Waals surface area contributed by atoms with Gasteiger partial charge in [-0.15, -0.1) is 0 Å². The Morgan fingerprint density at radius 1 is 1.21 bits per heavy atom. The zero-order valence-electron chi connectivity index (χ0n) is 12.8. The summed E-state index contributed by atoms with van der Waals surface area (Å²) in [4.78, 5) is 17.8. The molecule has 0 unspecified atom stereocenters. The number of fused-ring (bicyclic) bond motifs is 3. The van der Waals surface area contributed by atoms with Crippen LogP contribution in [0.1, 0.15) is 5.69 Å². The summed E-state index contributed by atoms with van der Waals surface area (Å²) >= 11 is 0. The van der Waals surface area contributed by atoms with E-state index >= 15 is 0 Å². The number of nitrogens with zero attached hydrogens (tertiary/aromatic N) is 2. The first-order valence-electron chi connectivity index (χ1n) is 7.65. The van der Waals surface area contributed by atoms with Crippen LogP contribution in [0, 0.1) is 0 Å². The molecule has 24 heavy (non-hydrogen) atoms. The molecule has 7 nitrogen and oxygen atoms in total. The quantitative estimate of drug-likeness (QED) is 0.883. The van der Waals surface area contributed by atoms with Gasteiger partial charge in [0.15, 0.2) is 6.10 Å². The molecule has 0 aliphatic carbocycles. The Balaban J connectivity index is 1.68. The minimum Gasteiger partial charge on any atom is -0.489 e. The fraction of sp³-hybridized carbons (Fsp3) is 0.294. The van der Waals surface area contributed by atoms with Gasteiger partial charge in [0.25, 0.3) is 0 Å². The summed E-state index contributed by atoms with van der Waals surface area (Å²) in [5.41, 5.74) is 3.02. The topological polar surface area (TPSA) is 92.1 Å². The average molecular weight is 328 g/mol. The Bertz CT molecular complexity index is 777. The highest BCUT2D eigenvalue weighted by Crippen LogP contribution is 2.40. The number of hydrogen-bond acceptors (Lipinski definition) is 6. The van der Waals surface area contributed by atoms with Crippen LogP contribution in [-0.4, -0.2) is 46.6 Å². The lowest BCUT2D eigenvalue weighted by Crippen LogP contribution is -2.45. The van der Waals surface area contributed by atoms with Gasteiger partial charge < -0.3 is 19.7 Å². The highest BCUT2D eigenvalue weighted by Gasteiger charge is 2.46. The molecule has 2 aromatic rings. The van der Waals surface area contributed by atoms with Crippen molar-refractivity contribution in [3.8, 4) is 16.9 Å². The standard InChI is InChI=1S/C17H16N2O5/c20-7-12-3-1-11(6-18-12)10-2-4-13-15(5-10)23-9-14-16(8-21)24-17(22)19(13)14/h1-6,14,16,20-21H,7-9H2/t14-,16-/m0/s1. The Morgan fingerprint density at radius 2 is 2.04 bits per heavy atom. The number of ether oxygens (including phenoxy) is 2. The van der Waals surface area contributed by atoms with Crippen molar-refractivity contribution in [1.82, 2.24) is 4.98 Å². The molecule has 2 aliphatic heterocycles. The second-order valence-corrected chi connectivity index (χ2v) is 5.73. The first-order chi connectivity index (χ1) is 11.7. The summed E-state index contributed by atoms with van der Waals surface area (Å²) < 4.78 is 11.0. The molecule has 2 atom stereocenters. The molecule has 7 heteroatoms. The number of benzene rings is 1. The summed E-state index contributed by atoms with van der Waals surface area (Å²) in [5.74, 6) is 0.588. The van der Waals surface area contributed by atoms with Gasteiger partial charge in [0, 0.05) is 11.8 Å². The third-order valence-electron chi connectivity index (χ3n) is 4.34. The summed E-state index contributed by atoms with van der Waals surface area (Å²) in [5, 5.41) is 18.4. The molecular weight excluding hydrogens is 312 g/mol. The molecule has 1 aromatic heterocycles. The number of carbonyl (C=O) groups is 1. The van der Waals surface area contributed by atoms with Crippen molar-refractivity contribution in [1.29, 1.82) is 0 Å². The molecule has 124 valence electrons. The predicted octanol–water partition coefficient (Wildman–Crippen LogP) is 1.32. The Morgan fingerprint density at radius 3 is 2.75 bits per heavy atom. The molecule has 0 radical (unpaired) electrons. The molecule has 2 aliphatic rings. The summed E-state index contributed by atoms with van der Waals surface area (Å²) in [6.45, 7) is -0.0558. The lowest BCUT2D eigenvalue weighted by molar-refractivity contribution is 0.0734. The van der Waals surface area contributed by atoms with Crippen LogP contribution in [0.2, 0.25) is 0 Å². The lowest BCUT2D eigenvalue weighted by Gasteiger charge is -2.31. The summed E-state index contributed by atoms with van der Waals surface area (Å²) in [7, 11) is 0. The van der Waals surface area contributed by atoms with Gasteiger partial charge in [0.05, 0.1) is 24.6 Å². The average Bonchev–Trinajstić information content (AvgIpc) is 2.97. The van der Waals surface area contributed by atoms with E-state index in [-0.39, 0.29) is 25.9 Å². The third-order valence-corrected chi connectivity index (χ3v) is 4.34. The number of aliphatic hydroxyl groups is 2. The molecular formula is C17H16N2O5. The van der Waals surface area contributed by atoms with Gasteiger partial charge in [0.2, 0.25) is 0 Å². The highest BCUT2D eigenvalue weighted by atomic mass is 16.6. The van der Waals surface area contributed by atoms with Crippen LogP contribution < -0.4 is 9.64 Å². The molecule has 0 saturated carbocycles. The van der Waals surface area contributed by atoms with Crippen molar-refractivity contribution >= 4 is 11.8 Å². The van der Waals surface area contributed by atoms with Crippen LogP contribution in [0.5, 0.6) is 5.75 Å². The Kier molecular flexibility index (Phi) is 3.59. The monoisotopic (exact) mass is 328 g/mol. The van der Waals surface area contributed by atoms with E-state index in [1.165, 1.54) is 4.90 Å². The van der Waals surface area contributed by atoms with Crippen molar-refractivity contribution in [2.45, 2.75) is 18.8 Å². The van der Waals surface area contributed by atoms with Crippen molar-refractivity contribution in [3.63, 3.8) is 0 Å². The van der Waals surface area contributed by atoms with Gasteiger partial charge >= 0.3 is 6.09 Å². The number of carbonyl (C=O) groups excluding carboxylic acids is 1. The molecule has 4 rings (SSSR count). The number of anilines is 1. The second-order valence-electron chi connectivity index (χ2n) is 5.73.